The van der Waals surface area contributed by atoms with Gasteiger partial charge in [-0.2, -0.15) is 13.2 Å². The molecule has 0 bridgehead atoms. The number of aliphatic hydroxyl groups is 1. The van der Waals surface area contributed by atoms with Gasteiger partial charge in [-0.3, -0.25) is 0 Å². The summed E-state index contributed by atoms with van der Waals surface area (Å²) in [5, 5.41) is 15.0. The van der Waals surface area contributed by atoms with Crippen LogP contribution < -0.4 is 10.6 Å². The molecule has 0 aliphatic rings. The number of aliphatic hydroxyl groups excluding tert-OH is 1. The number of rotatable bonds is 7. The van der Waals surface area contributed by atoms with Gasteiger partial charge in [-0.15, -0.1) is 0 Å². The van der Waals surface area contributed by atoms with Gasteiger partial charge in [-0.25, -0.2) is 0 Å². The molecule has 2 N–H and O–H groups in total. The highest BCUT2D eigenvalue weighted by atomic mass is 31.1. The molecule has 0 aliphatic carbocycles. The molecule has 0 amide bonds. The molecule has 0 aromatic heterocycles. The third-order valence-corrected chi connectivity index (χ3v) is 5.50. The first-order valence-electron chi connectivity index (χ1n) is 8.90. The van der Waals surface area contributed by atoms with E-state index in [0.29, 0.717) is 31.0 Å². The molecule has 150 valence electrons. The van der Waals surface area contributed by atoms with Gasteiger partial charge in [0.2, 0.25) is 0 Å². The van der Waals surface area contributed by atoms with Crippen LogP contribution in [0.4, 0.5) is 18.9 Å². The van der Waals surface area contributed by atoms with Gasteiger partial charge in [-0.1, -0.05) is 45.5 Å². The van der Waals surface area contributed by atoms with E-state index in [9.17, 15) is 18.3 Å². The number of aryl methyl sites for hydroxylation is 1. The summed E-state index contributed by atoms with van der Waals surface area (Å²) in [5.74, 6) is 0. The zero-order chi connectivity index (χ0) is 20.9. The third kappa shape index (κ3) is 5.24. The monoisotopic (exact) mass is 407 g/mol. The van der Waals surface area contributed by atoms with Crippen molar-refractivity contribution >= 4 is 19.6 Å². The van der Waals surface area contributed by atoms with E-state index < -0.39 is 17.8 Å². The molecule has 6 heteroatoms. The molecule has 2 nitrogen and oxygen atoms in total. The van der Waals surface area contributed by atoms with Gasteiger partial charge in [0.15, 0.2) is 0 Å². The lowest BCUT2D eigenvalue weighted by Gasteiger charge is -2.19. The summed E-state index contributed by atoms with van der Waals surface area (Å²) in [6, 6.07) is 10.1. The van der Waals surface area contributed by atoms with Gasteiger partial charge >= 0.3 is 6.18 Å². The topological polar surface area (TPSA) is 32.3 Å². The van der Waals surface area contributed by atoms with Gasteiger partial charge < -0.3 is 10.4 Å². The lowest BCUT2D eigenvalue weighted by Crippen LogP contribution is -2.12. The fraction of sp³-hybridized carbons (Fsp3) is 0.273. The summed E-state index contributed by atoms with van der Waals surface area (Å²) in [4.78, 5) is 0. The minimum Gasteiger partial charge on any atom is -0.384 e. The average molecular weight is 407 g/mol. The predicted octanol–water partition coefficient (Wildman–Crippen LogP) is 5.73. The van der Waals surface area contributed by atoms with Crippen molar-refractivity contribution in [1.82, 2.24) is 0 Å². The zero-order valence-electron chi connectivity index (χ0n) is 16.2. The second-order valence-electron chi connectivity index (χ2n) is 6.45. The van der Waals surface area contributed by atoms with Crippen molar-refractivity contribution < 1.29 is 18.3 Å². The number of anilines is 1. The van der Waals surface area contributed by atoms with Gasteiger partial charge in [0.05, 0.1) is 5.56 Å². The van der Waals surface area contributed by atoms with Crippen LogP contribution in [0.5, 0.6) is 0 Å². The normalized spacial score (nSPS) is 13.8. The Labute approximate surface area is 166 Å². The molecule has 0 spiro atoms. The SMILES string of the molecule is C=C/C(=C\C)C(O)c1cc(PC)ccc1NCc1ccc(C)c(C(F)(F)F)c1. The van der Waals surface area contributed by atoms with Crippen molar-refractivity contribution in [3.8, 4) is 0 Å². The van der Waals surface area contributed by atoms with E-state index in [1.54, 1.807) is 18.2 Å². The Bertz CT molecular complexity index is 875. The van der Waals surface area contributed by atoms with Gasteiger partial charge in [0.25, 0.3) is 0 Å². The second kappa shape index (κ2) is 9.40. The van der Waals surface area contributed by atoms with Crippen LogP contribution in [-0.2, 0) is 12.7 Å². The number of hydrogen-bond donors (Lipinski definition) is 2. The standard InChI is InChI=1S/C22H25F3NOP/c1-5-16(6-2)21(27)18-12-17(28-4)9-10-20(18)26-13-15-8-7-14(3)19(11-15)22(23,24)25/h5-12,21,26-28H,1,13H2,2-4H3/b16-6+. The number of halogens is 3. The Morgan fingerprint density at radius 2 is 1.96 bits per heavy atom. The molecule has 0 saturated heterocycles. The summed E-state index contributed by atoms with van der Waals surface area (Å²) in [6.07, 6.45) is -1.84. The molecular formula is C22H25F3NOP. The van der Waals surface area contributed by atoms with E-state index in [1.807, 2.05) is 31.8 Å². The second-order valence-corrected chi connectivity index (χ2v) is 7.53. The molecule has 2 atom stereocenters. The molecular weight excluding hydrogens is 382 g/mol. The maximum atomic E-state index is 13.1. The van der Waals surface area contributed by atoms with Crippen LogP contribution in [0.15, 0.2) is 60.7 Å². The smallest absolute Gasteiger partial charge is 0.384 e. The van der Waals surface area contributed by atoms with Crippen LogP contribution in [0.3, 0.4) is 0 Å². The highest BCUT2D eigenvalue weighted by Gasteiger charge is 2.32. The molecule has 2 aromatic rings. The van der Waals surface area contributed by atoms with E-state index >= 15 is 0 Å². The number of nitrogens with one attached hydrogen (secondary N) is 1. The molecule has 28 heavy (non-hydrogen) atoms. The molecule has 0 radical (unpaired) electrons. The molecule has 0 saturated carbocycles. The largest absolute Gasteiger partial charge is 0.416 e. The molecule has 0 aliphatic heterocycles. The Morgan fingerprint density at radius 3 is 2.54 bits per heavy atom. The molecule has 2 unspecified atom stereocenters. The number of hydrogen-bond acceptors (Lipinski definition) is 2. The van der Waals surface area contributed by atoms with Crippen molar-refractivity contribution in [2.75, 3.05) is 12.0 Å². The van der Waals surface area contributed by atoms with E-state index in [2.05, 4.69) is 11.9 Å². The summed E-state index contributed by atoms with van der Waals surface area (Å²) >= 11 is 0. The van der Waals surface area contributed by atoms with Crippen molar-refractivity contribution in [3.63, 3.8) is 0 Å². The Hall–Kier alpha value is -2.10. The number of benzene rings is 2. The molecule has 0 fully saturated rings. The van der Waals surface area contributed by atoms with Crippen molar-refractivity contribution in [2.24, 2.45) is 0 Å². The number of alkyl halides is 3. The summed E-state index contributed by atoms with van der Waals surface area (Å²) < 4.78 is 39.4. The van der Waals surface area contributed by atoms with Crippen molar-refractivity contribution in [3.05, 3.63) is 83.0 Å². The van der Waals surface area contributed by atoms with Crippen LogP contribution in [0.1, 0.15) is 35.3 Å². The van der Waals surface area contributed by atoms with Crippen molar-refractivity contribution in [1.29, 1.82) is 0 Å². The van der Waals surface area contributed by atoms with Crippen LogP contribution in [0, 0.1) is 6.92 Å². The minimum absolute atomic E-state index is 0.198. The van der Waals surface area contributed by atoms with E-state index in [0.717, 1.165) is 5.30 Å². The lowest BCUT2D eigenvalue weighted by molar-refractivity contribution is -0.138. The van der Waals surface area contributed by atoms with E-state index in [-0.39, 0.29) is 12.1 Å². The van der Waals surface area contributed by atoms with E-state index in [4.69, 9.17) is 0 Å². The van der Waals surface area contributed by atoms with Crippen LogP contribution in [0.25, 0.3) is 0 Å². The zero-order valence-corrected chi connectivity index (χ0v) is 17.2. The highest BCUT2D eigenvalue weighted by Crippen LogP contribution is 2.33. The number of allylic oxidation sites excluding steroid dienone is 1. The first-order valence-corrected chi connectivity index (χ1v) is 10.4. The summed E-state index contributed by atoms with van der Waals surface area (Å²) in [7, 11) is 0.566. The Kier molecular flexibility index (Phi) is 7.45. The average Bonchev–Trinajstić information content (AvgIpc) is 2.67. The fourth-order valence-corrected chi connectivity index (χ4v) is 3.50. The first-order chi connectivity index (χ1) is 13.2. The maximum absolute atomic E-state index is 13.1. The molecule has 0 heterocycles. The Morgan fingerprint density at radius 1 is 1.25 bits per heavy atom. The lowest BCUT2D eigenvalue weighted by atomic mass is 9.99. The minimum atomic E-state index is -4.38. The molecule has 2 aromatic carbocycles. The Balaban J connectivity index is 2.33. The third-order valence-electron chi connectivity index (χ3n) is 4.61. The van der Waals surface area contributed by atoms with Crippen LogP contribution in [-0.4, -0.2) is 11.8 Å². The van der Waals surface area contributed by atoms with Gasteiger partial charge in [0.1, 0.15) is 6.10 Å². The van der Waals surface area contributed by atoms with Crippen molar-refractivity contribution in [2.45, 2.75) is 32.7 Å². The first kappa shape index (κ1) is 22.2. The maximum Gasteiger partial charge on any atom is 0.416 e. The van der Waals surface area contributed by atoms with E-state index in [1.165, 1.54) is 19.1 Å². The predicted molar refractivity (Wildman–Crippen MR) is 113 cm³/mol. The fourth-order valence-electron chi connectivity index (χ4n) is 2.95. The van der Waals surface area contributed by atoms with Gasteiger partial charge in [-0.05, 0) is 60.7 Å². The summed E-state index contributed by atoms with van der Waals surface area (Å²) in [6.45, 7) is 9.27. The summed E-state index contributed by atoms with van der Waals surface area (Å²) in [5.41, 5.74) is 2.14. The molecule has 2 rings (SSSR count). The quantitative estimate of drug-likeness (QED) is 0.454. The van der Waals surface area contributed by atoms with Crippen LogP contribution >= 0.6 is 8.58 Å². The highest BCUT2D eigenvalue weighted by molar-refractivity contribution is 7.46. The van der Waals surface area contributed by atoms with Gasteiger partial charge in [0, 0.05) is 17.8 Å². The van der Waals surface area contributed by atoms with Crippen LogP contribution in [0.2, 0.25) is 0 Å².